The predicted octanol–water partition coefficient (Wildman–Crippen LogP) is 2.79. The highest BCUT2D eigenvalue weighted by Gasteiger charge is 1.83. The molecule has 0 unspecified atom stereocenters. The molecule has 0 heterocycles. The summed E-state index contributed by atoms with van der Waals surface area (Å²) in [6.45, 7) is 17.1. The number of aliphatic hydroxyl groups is 2. The molecule has 0 bridgehead atoms. The van der Waals surface area contributed by atoms with Crippen molar-refractivity contribution in [2.24, 2.45) is 0 Å². The van der Waals surface area contributed by atoms with Crippen molar-refractivity contribution in [3.63, 3.8) is 0 Å². The molecule has 0 aromatic carbocycles. The zero-order valence-electron chi connectivity index (χ0n) is 11.6. The van der Waals surface area contributed by atoms with E-state index in [1.807, 2.05) is 34.6 Å². The first-order valence-electron chi connectivity index (χ1n) is 5.49. The van der Waals surface area contributed by atoms with Gasteiger partial charge < -0.3 is 14.9 Å². The van der Waals surface area contributed by atoms with E-state index in [0.29, 0.717) is 6.10 Å². The fourth-order valence-electron chi connectivity index (χ4n) is 0.333. The predicted molar refractivity (Wildman–Crippen MR) is 72.7 cm³/mol. The first-order valence-corrected chi connectivity index (χ1v) is 5.49. The first kappa shape index (κ1) is 24.5. The second kappa shape index (κ2) is 36.7. The van der Waals surface area contributed by atoms with Crippen molar-refractivity contribution in [3.8, 4) is 0 Å². The molecule has 0 rings (SSSR count). The zero-order chi connectivity index (χ0) is 13.8. The third-order valence-electron chi connectivity index (χ3n) is 0.600. The maximum Gasteiger partial charge on any atom is 0.0662 e. The Balaban J connectivity index is -0.0000000635. The lowest BCUT2D eigenvalue weighted by Gasteiger charge is -2.00. The molecule has 2 N–H and O–H groups in total. The standard InChI is InChI=1S/C5H12O.2C3H6.C2H6O2/c1-4-6-5(2)3;2*1-3-2;3-1-2-4/h5H,4H2,1-3H3;2*3H,1H2,2H3;3-4H,1-2H2. The molecule has 3 nitrogen and oxygen atoms in total. The van der Waals surface area contributed by atoms with E-state index in [-0.39, 0.29) is 13.2 Å². The average Bonchev–Trinajstić information content (AvgIpc) is 2.20. The van der Waals surface area contributed by atoms with Crippen LogP contribution in [-0.2, 0) is 4.74 Å². The molecular formula is C13H30O3. The van der Waals surface area contributed by atoms with Gasteiger partial charge in [-0.2, -0.15) is 0 Å². The Labute approximate surface area is 101 Å². The van der Waals surface area contributed by atoms with Gasteiger partial charge in [-0.3, -0.25) is 0 Å². The third-order valence-corrected chi connectivity index (χ3v) is 0.600. The lowest BCUT2D eigenvalue weighted by Crippen LogP contribution is -1.99. The summed E-state index contributed by atoms with van der Waals surface area (Å²) in [7, 11) is 0. The Morgan fingerprint density at radius 3 is 1.31 bits per heavy atom. The molecule has 0 aromatic rings. The SMILES string of the molecule is C=CC.C=CC.CCOC(C)C.OCCO. The summed E-state index contributed by atoms with van der Waals surface area (Å²) in [4.78, 5) is 0. The molecule has 3 heteroatoms. The topological polar surface area (TPSA) is 49.7 Å². The molecule has 0 aliphatic rings. The van der Waals surface area contributed by atoms with E-state index in [4.69, 9.17) is 14.9 Å². The van der Waals surface area contributed by atoms with Crippen LogP contribution in [0.3, 0.4) is 0 Å². The minimum atomic E-state index is -0.125. The van der Waals surface area contributed by atoms with Crippen LogP contribution >= 0.6 is 0 Å². The number of aliphatic hydroxyl groups excluding tert-OH is 2. The van der Waals surface area contributed by atoms with Crippen LogP contribution < -0.4 is 0 Å². The molecule has 0 atom stereocenters. The molecule has 0 amide bonds. The van der Waals surface area contributed by atoms with Gasteiger partial charge in [-0.15, -0.1) is 13.2 Å². The fourth-order valence-corrected chi connectivity index (χ4v) is 0.333. The van der Waals surface area contributed by atoms with Crippen molar-refractivity contribution in [3.05, 3.63) is 25.3 Å². The van der Waals surface area contributed by atoms with Gasteiger partial charge in [-0.25, -0.2) is 0 Å². The van der Waals surface area contributed by atoms with E-state index in [1.165, 1.54) is 0 Å². The molecule has 0 fully saturated rings. The molecule has 0 spiro atoms. The van der Waals surface area contributed by atoms with Crippen LogP contribution in [0.4, 0.5) is 0 Å². The Morgan fingerprint density at radius 2 is 1.31 bits per heavy atom. The van der Waals surface area contributed by atoms with Crippen molar-refractivity contribution in [2.75, 3.05) is 19.8 Å². The maximum atomic E-state index is 7.62. The lowest BCUT2D eigenvalue weighted by atomic mass is 10.5. The van der Waals surface area contributed by atoms with Gasteiger partial charge in [0.05, 0.1) is 19.3 Å². The minimum Gasteiger partial charge on any atom is -0.394 e. The van der Waals surface area contributed by atoms with Crippen molar-refractivity contribution in [1.82, 2.24) is 0 Å². The Kier molecular flexibility index (Phi) is 56.3. The summed E-state index contributed by atoms with van der Waals surface area (Å²) in [6, 6.07) is 0. The number of ether oxygens (including phenoxy) is 1. The van der Waals surface area contributed by atoms with Gasteiger partial charge in [0.2, 0.25) is 0 Å². The highest BCUT2D eigenvalue weighted by atomic mass is 16.5. The Hall–Kier alpha value is -0.640. The molecule has 16 heavy (non-hydrogen) atoms. The number of allylic oxidation sites excluding steroid dienone is 2. The van der Waals surface area contributed by atoms with E-state index < -0.39 is 0 Å². The van der Waals surface area contributed by atoms with Crippen molar-refractivity contribution in [2.45, 2.75) is 40.7 Å². The highest BCUT2D eigenvalue weighted by Crippen LogP contribution is 1.83. The fraction of sp³-hybridized carbons (Fsp3) is 0.692. The van der Waals surface area contributed by atoms with Crippen molar-refractivity contribution in [1.29, 1.82) is 0 Å². The smallest absolute Gasteiger partial charge is 0.0662 e. The quantitative estimate of drug-likeness (QED) is 0.738. The van der Waals surface area contributed by atoms with Crippen molar-refractivity contribution >= 4 is 0 Å². The molecule has 0 saturated carbocycles. The zero-order valence-corrected chi connectivity index (χ0v) is 11.6. The molecule has 0 radical (unpaired) electrons. The Morgan fingerprint density at radius 1 is 1.06 bits per heavy atom. The number of hydrogen-bond donors (Lipinski definition) is 2. The normalized spacial score (nSPS) is 7.25. The molecule has 0 saturated heterocycles. The van der Waals surface area contributed by atoms with Crippen molar-refractivity contribution < 1.29 is 14.9 Å². The van der Waals surface area contributed by atoms with Gasteiger partial charge in [-0.05, 0) is 34.6 Å². The van der Waals surface area contributed by atoms with Crippen LogP contribution in [0.2, 0.25) is 0 Å². The molecule has 0 aromatic heterocycles. The van der Waals surface area contributed by atoms with Crippen LogP contribution in [0.1, 0.15) is 34.6 Å². The molecular weight excluding hydrogens is 204 g/mol. The largest absolute Gasteiger partial charge is 0.394 e. The molecule has 0 aliphatic heterocycles. The summed E-state index contributed by atoms with van der Waals surface area (Å²) in [5, 5.41) is 15.2. The molecule has 100 valence electrons. The third kappa shape index (κ3) is 181. The summed E-state index contributed by atoms with van der Waals surface area (Å²) in [5.41, 5.74) is 0. The van der Waals surface area contributed by atoms with Crippen LogP contribution in [-0.4, -0.2) is 36.1 Å². The lowest BCUT2D eigenvalue weighted by molar-refractivity contribution is 0.0899. The van der Waals surface area contributed by atoms with Gasteiger partial charge in [0.1, 0.15) is 0 Å². The van der Waals surface area contributed by atoms with Gasteiger partial charge in [0.25, 0.3) is 0 Å². The summed E-state index contributed by atoms with van der Waals surface area (Å²) in [6.07, 6.45) is 3.90. The van der Waals surface area contributed by atoms with E-state index in [0.717, 1.165) is 6.61 Å². The molecule has 0 aliphatic carbocycles. The Bertz CT molecular complexity index is 93.4. The average molecular weight is 234 g/mol. The van der Waals surface area contributed by atoms with Crippen LogP contribution in [0.15, 0.2) is 25.3 Å². The number of hydrogen-bond acceptors (Lipinski definition) is 3. The van der Waals surface area contributed by atoms with Crippen LogP contribution in [0.5, 0.6) is 0 Å². The van der Waals surface area contributed by atoms with Crippen LogP contribution in [0.25, 0.3) is 0 Å². The van der Waals surface area contributed by atoms with E-state index in [2.05, 4.69) is 13.2 Å². The van der Waals surface area contributed by atoms with Gasteiger partial charge in [-0.1, -0.05) is 12.2 Å². The van der Waals surface area contributed by atoms with E-state index in [9.17, 15) is 0 Å². The van der Waals surface area contributed by atoms with Crippen LogP contribution in [0, 0.1) is 0 Å². The van der Waals surface area contributed by atoms with Gasteiger partial charge in [0.15, 0.2) is 0 Å². The second-order valence-electron chi connectivity index (χ2n) is 2.77. The highest BCUT2D eigenvalue weighted by molar-refractivity contribution is 4.51. The minimum absolute atomic E-state index is 0.125. The summed E-state index contributed by atoms with van der Waals surface area (Å²) >= 11 is 0. The van der Waals surface area contributed by atoms with Gasteiger partial charge in [0, 0.05) is 6.61 Å². The number of rotatable bonds is 3. The van der Waals surface area contributed by atoms with Gasteiger partial charge >= 0.3 is 0 Å². The summed E-state index contributed by atoms with van der Waals surface area (Å²) < 4.78 is 5.04. The first-order chi connectivity index (χ1) is 7.51. The summed E-state index contributed by atoms with van der Waals surface area (Å²) in [5.74, 6) is 0. The van der Waals surface area contributed by atoms with E-state index >= 15 is 0 Å². The monoisotopic (exact) mass is 234 g/mol. The second-order valence-corrected chi connectivity index (χ2v) is 2.77. The van der Waals surface area contributed by atoms with E-state index in [1.54, 1.807) is 12.2 Å². The maximum absolute atomic E-state index is 7.62.